The second-order valence-corrected chi connectivity index (χ2v) is 6.41. The van der Waals surface area contributed by atoms with Crippen LogP contribution >= 0.6 is 0 Å². The van der Waals surface area contributed by atoms with Crippen molar-refractivity contribution in [2.75, 3.05) is 19.4 Å². The van der Waals surface area contributed by atoms with Crippen LogP contribution in [0.25, 0.3) is 5.82 Å². The van der Waals surface area contributed by atoms with Crippen molar-refractivity contribution in [3.63, 3.8) is 0 Å². The van der Waals surface area contributed by atoms with Crippen LogP contribution in [-0.4, -0.2) is 45.5 Å². The Bertz CT molecular complexity index is 855. The molecule has 134 valence electrons. The van der Waals surface area contributed by atoms with Crippen molar-refractivity contribution in [3.8, 4) is 5.82 Å². The highest BCUT2D eigenvalue weighted by atomic mass is 16.2. The van der Waals surface area contributed by atoms with Crippen molar-refractivity contribution in [3.05, 3.63) is 72.4 Å². The van der Waals surface area contributed by atoms with E-state index in [1.165, 1.54) is 0 Å². The van der Waals surface area contributed by atoms with E-state index in [0.717, 1.165) is 17.2 Å². The summed E-state index contributed by atoms with van der Waals surface area (Å²) in [6.07, 6.45) is 5.91. The van der Waals surface area contributed by atoms with Gasteiger partial charge in [-0.05, 0) is 45.1 Å². The molecule has 6 nitrogen and oxygen atoms in total. The SMILES string of the molecule is Cc1nccn1-c1ccc(NC(=O)[C@H](Cc2ccccc2)N(C)C)cn1. The van der Waals surface area contributed by atoms with E-state index in [1.54, 1.807) is 12.4 Å². The molecule has 2 heterocycles. The van der Waals surface area contributed by atoms with Crippen molar-refractivity contribution < 1.29 is 4.79 Å². The van der Waals surface area contributed by atoms with Gasteiger partial charge in [0, 0.05) is 12.4 Å². The Hall–Kier alpha value is -2.99. The van der Waals surface area contributed by atoms with Gasteiger partial charge in [-0.2, -0.15) is 0 Å². The number of rotatable bonds is 6. The molecule has 0 spiro atoms. The summed E-state index contributed by atoms with van der Waals surface area (Å²) < 4.78 is 1.89. The summed E-state index contributed by atoms with van der Waals surface area (Å²) in [4.78, 5) is 23.3. The number of likely N-dealkylation sites (N-methyl/N-ethyl adjacent to an activating group) is 1. The van der Waals surface area contributed by atoms with Gasteiger partial charge in [0.2, 0.25) is 5.91 Å². The molecule has 0 fully saturated rings. The molecule has 1 N–H and O–H groups in total. The predicted molar refractivity (Wildman–Crippen MR) is 102 cm³/mol. The Morgan fingerprint density at radius 1 is 1.15 bits per heavy atom. The maximum atomic E-state index is 12.7. The van der Waals surface area contributed by atoms with E-state index in [2.05, 4.69) is 15.3 Å². The van der Waals surface area contributed by atoms with E-state index in [0.29, 0.717) is 12.1 Å². The fourth-order valence-corrected chi connectivity index (χ4v) is 2.80. The van der Waals surface area contributed by atoms with Crippen LogP contribution in [0.5, 0.6) is 0 Å². The summed E-state index contributed by atoms with van der Waals surface area (Å²) in [5.41, 5.74) is 1.81. The van der Waals surface area contributed by atoms with E-state index < -0.39 is 0 Å². The van der Waals surface area contributed by atoms with E-state index in [-0.39, 0.29) is 11.9 Å². The third-order valence-corrected chi connectivity index (χ3v) is 4.29. The third-order valence-electron chi connectivity index (χ3n) is 4.29. The number of amides is 1. The minimum atomic E-state index is -0.257. The van der Waals surface area contributed by atoms with Crippen LogP contribution in [0, 0.1) is 6.92 Å². The molecule has 1 atom stereocenters. The van der Waals surface area contributed by atoms with Gasteiger partial charge in [-0.25, -0.2) is 9.97 Å². The van der Waals surface area contributed by atoms with Crippen LogP contribution in [0.4, 0.5) is 5.69 Å². The number of hydrogen-bond acceptors (Lipinski definition) is 4. The number of imidazole rings is 1. The number of aromatic nitrogens is 3. The Labute approximate surface area is 153 Å². The Balaban J connectivity index is 1.70. The predicted octanol–water partition coefficient (Wildman–Crippen LogP) is 2.69. The Kier molecular flexibility index (Phi) is 5.43. The van der Waals surface area contributed by atoms with Gasteiger partial charge in [0.05, 0.1) is 17.9 Å². The van der Waals surface area contributed by atoms with Gasteiger partial charge < -0.3 is 5.32 Å². The summed E-state index contributed by atoms with van der Waals surface area (Å²) in [7, 11) is 3.83. The largest absolute Gasteiger partial charge is 0.323 e. The first-order valence-electron chi connectivity index (χ1n) is 8.52. The van der Waals surface area contributed by atoms with Crippen LogP contribution in [0.1, 0.15) is 11.4 Å². The highest BCUT2D eigenvalue weighted by Gasteiger charge is 2.21. The number of nitrogens with one attached hydrogen (secondary N) is 1. The molecule has 6 heteroatoms. The third kappa shape index (κ3) is 4.15. The summed E-state index contributed by atoms with van der Waals surface area (Å²) in [5, 5.41) is 2.96. The lowest BCUT2D eigenvalue weighted by Gasteiger charge is -2.23. The number of hydrogen-bond donors (Lipinski definition) is 1. The zero-order chi connectivity index (χ0) is 18.5. The molecule has 0 unspecified atom stereocenters. The Morgan fingerprint density at radius 2 is 1.92 bits per heavy atom. The van der Waals surface area contributed by atoms with Crippen LogP contribution in [-0.2, 0) is 11.2 Å². The van der Waals surface area contributed by atoms with Gasteiger partial charge in [-0.15, -0.1) is 0 Å². The minimum Gasteiger partial charge on any atom is -0.323 e. The number of anilines is 1. The minimum absolute atomic E-state index is 0.0489. The van der Waals surface area contributed by atoms with Gasteiger partial charge >= 0.3 is 0 Å². The van der Waals surface area contributed by atoms with Gasteiger partial charge in [0.25, 0.3) is 0 Å². The quantitative estimate of drug-likeness (QED) is 0.743. The lowest BCUT2D eigenvalue weighted by molar-refractivity contribution is -0.120. The number of carbonyl (C=O) groups is 1. The van der Waals surface area contributed by atoms with Gasteiger partial charge in [-0.3, -0.25) is 14.3 Å². The van der Waals surface area contributed by atoms with Crippen molar-refractivity contribution in [2.45, 2.75) is 19.4 Å². The van der Waals surface area contributed by atoms with E-state index >= 15 is 0 Å². The highest BCUT2D eigenvalue weighted by molar-refractivity contribution is 5.94. The number of pyridine rings is 1. The monoisotopic (exact) mass is 349 g/mol. The summed E-state index contributed by atoms with van der Waals surface area (Å²) in [6.45, 7) is 1.92. The van der Waals surface area contributed by atoms with Gasteiger partial charge in [0.15, 0.2) is 0 Å². The second kappa shape index (κ2) is 7.93. The molecule has 1 aromatic carbocycles. The number of nitrogens with zero attached hydrogens (tertiary/aromatic N) is 4. The summed E-state index contributed by atoms with van der Waals surface area (Å²) in [5.74, 6) is 1.59. The summed E-state index contributed by atoms with van der Waals surface area (Å²) in [6, 6.07) is 13.5. The standard InChI is InChI=1S/C20H23N5O/c1-15-21-11-12-25(15)19-10-9-17(14-22-19)23-20(26)18(24(2)3)13-16-7-5-4-6-8-16/h4-12,14,18H,13H2,1-3H3,(H,23,26)/t18-/m0/s1. The molecule has 0 bridgehead atoms. The first kappa shape index (κ1) is 17.8. The Morgan fingerprint density at radius 3 is 2.50 bits per heavy atom. The van der Waals surface area contributed by atoms with E-state index in [9.17, 15) is 4.79 Å². The lowest BCUT2D eigenvalue weighted by Crippen LogP contribution is -2.41. The van der Waals surface area contributed by atoms with Crippen LogP contribution in [0.3, 0.4) is 0 Å². The van der Waals surface area contributed by atoms with E-state index in [4.69, 9.17) is 0 Å². The molecule has 1 amide bonds. The molecule has 3 rings (SSSR count). The second-order valence-electron chi connectivity index (χ2n) is 6.41. The van der Waals surface area contributed by atoms with Crippen LogP contribution < -0.4 is 5.32 Å². The zero-order valence-electron chi connectivity index (χ0n) is 15.3. The fraction of sp³-hybridized carbons (Fsp3) is 0.250. The van der Waals surface area contributed by atoms with Crippen LogP contribution in [0.15, 0.2) is 61.1 Å². The molecule has 0 saturated heterocycles. The number of carbonyl (C=O) groups excluding carboxylic acids is 1. The van der Waals surface area contributed by atoms with E-state index in [1.807, 2.05) is 79.1 Å². The van der Waals surface area contributed by atoms with Gasteiger partial charge in [-0.1, -0.05) is 30.3 Å². The molecular weight excluding hydrogens is 326 g/mol. The average Bonchev–Trinajstić information content (AvgIpc) is 3.07. The maximum absolute atomic E-state index is 12.7. The first-order valence-corrected chi connectivity index (χ1v) is 8.52. The molecule has 2 aromatic heterocycles. The molecule has 26 heavy (non-hydrogen) atoms. The molecule has 0 aliphatic carbocycles. The molecule has 0 saturated carbocycles. The van der Waals surface area contributed by atoms with Crippen molar-refractivity contribution in [1.82, 2.24) is 19.4 Å². The number of aryl methyl sites for hydroxylation is 1. The fourth-order valence-electron chi connectivity index (χ4n) is 2.80. The van der Waals surface area contributed by atoms with Crippen molar-refractivity contribution in [2.24, 2.45) is 0 Å². The first-order chi connectivity index (χ1) is 12.5. The average molecular weight is 349 g/mol. The number of benzene rings is 1. The molecular formula is C20H23N5O. The summed E-state index contributed by atoms with van der Waals surface area (Å²) >= 11 is 0. The molecule has 0 aliphatic rings. The maximum Gasteiger partial charge on any atom is 0.242 e. The highest BCUT2D eigenvalue weighted by Crippen LogP contribution is 2.14. The molecule has 0 radical (unpaired) electrons. The molecule has 0 aliphatic heterocycles. The smallest absolute Gasteiger partial charge is 0.242 e. The normalized spacial score (nSPS) is 12.2. The lowest BCUT2D eigenvalue weighted by atomic mass is 10.0. The zero-order valence-corrected chi connectivity index (χ0v) is 15.3. The van der Waals surface area contributed by atoms with Gasteiger partial charge in [0.1, 0.15) is 11.6 Å². The van der Waals surface area contributed by atoms with Crippen molar-refractivity contribution in [1.29, 1.82) is 0 Å². The topological polar surface area (TPSA) is 63.1 Å². The van der Waals surface area contributed by atoms with Crippen LogP contribution in [0.2, 0.25) is 0 Å². The van der Waals surface area contributed by atoms with Crippen molar-refractivity contribution >= 4 is 11.6 Å². The molecule has 3 aromatic rings.